The van der Waals surface area contributed by atoms with Crippen LogP contribution < -0.4 is 10.1 Å². The summed E-state index contributed by atoms with van der Waals surface area (Å²) in [5, 5.41) is 5.57. The zero-order valence-corrected chi connectivity index (χ0v) is 14.6. The summed E-state index contributed by atoms with van der Waals surface area (Å²) >= 11 is 1.38. The maximum Gasteiger partial charge on any atom is 0.358 e. The molecule has 2 rings (SSSR count). The molecular formula is C17H21FN2O3S. The van der Waals surface area contributed by atoms with Gasteiger partial charge in [0, 0.05) is 11.9 Å². The highest BCUT2D eigenvalue weighted by Crippen LogP contribution is 2.16. The molecular weight excluding hydrogens is 331 g/mol. The SMILES string of the molecule is CC(C)CCNc1nc(C(=O)OCCOc2ccc(F)cc2)cs1. The van der Waals surface area contributed by atoms with Crippen molar-refractivity contribution in [1.82, 2.24) is 4.98 Å². The minimum absolute atomic E-state index is 0.101. The van der Waals surface area contributed by atoms with Gasteiger partial charge in [-0.05, 0) is 36.6 Å². The van der Waals surface area contributed by atoms with Crippen molar-refractivity contribution in [3.63, 3.8) is 0 Å². The van der Waals surface area contributed by atoms with Gasteiger partial charge in [-0.1, -0.05) is 13.8 Å². The maximum atomic E-state index is 12.8. The molecule has 1 aromatic carbocycles. The Morgan fingerprint density at radius 3 is 2.75 bits per heavy atom. The van der Waals surface area contributed by atoms with Gasteiger partial charge in [-0.25, -0.2) is 14.2 Å². The van der Waals surface area contributed by atoms with Crippen molar-refractivity contribution in [1.29, 1.82) is 0 Å². The number of esters is 1. The van der Waals surface area contributed by atoms with E-state index in [1.54, 1.807) is 5.38 Å². The van der Waals surface area contributed by atoms with Crippen LogP contribution in [0.3, 0.4) is 0 Å². The Hall–Kier alpha value is -2.15. The lowest BCUT2D eigenvalue weighted by Crippen LogP contribution is -2.13. The number of nitrogens with zero attached hydrogens (tertiary/aromatic N) is 1. The van der Waals surface area contributed by atoms with E-state index in [0.29, 0.717) is 16.8 Å². The van der Waals surface area contributed by atoms with Crippen LogP contribution >= 0.6 is 11.3 Å². The standard InChI is InChI=1S/C17H21FN2O3S/c1-12(2)7-8-19-17-20-15(11-24-17)16(21)23-10-9-22-14-5-3-13(18)4-6-14/h3-6,11-12H,7-10H2,1-2H3,(H,19,20). The molecule has 24 heavy (non-hydrogen) atoms. The van der Waals surface area contributed by atoms with E-state index in [0.717, 1.165) is 13.0 Å². The number of hydrogen-bond donors (Lipinski definition) is 1. The molecule has 2 aromatic rings. The van der Waals surface area contributed by atoms with Gasteiger partial charge in [0.25, 0.3) is 0 Å². The number of rotatable bonds is 9. The van der Waals surface area contributed by atoms with Gasteiger partial charge in [-0.3, -0.25) is 0 Å². The molecule has 1 N–H and O–H groups in total. The van der Waals surface area contributed by atoms with Crippen LogP contribution in [0, 0.1) is 11.7 Å². The number of thiazole rings is 1. The summed E-state index contributed by atoms with van der Waals surface area (Å²) in [5.41, 5.74) is 0.286. The van der Waals surface area contributed by atoms with E-state index >= 15 is 0 Å². The van der Waals surface area contributed by atoms with Crippen LogP contribution in [-0.4, -0.2) is 30.7 Å². The number of carbonyl (C=O) groups excluding carboxylic acids is 1. The molecule has 0 aliphatic carbocycles. The number of halogens is 1. The summed E-state index contributed by atoms with van der Waals surface area (Å²) in [4.78, 5) is 16.1. The quantitative estimate of drug-likeness (QED) is 0.546. The fourth-order valence-electron chi connectivity index (χ4n) is 1.82. The molecule has 0 bridgehead atoms. The number of carbonyl (C=O) groups is 1. The van der Waals surface area contributed by atoms with Gasteiger partial charge in [0.1, 0.15) is 24.8 Å². The Balaban J connectivity index is 1.68. The van der Waals surface area contributed by atoms with E-state index < -0.39 is 5.97 Å². The van der Waals surface area contributed by atoms with Crippen LogP contribution in [0.25, 0.3) is 0 Å². The summed E-state index contributed by atoms with van der Waals surface area (Å²) in [6, 6.07) is 5.66. The maximum absolute atomic E-state index is 12.8. The Bertz CT molecular complexity index is 644. The molecule has 7 heteroatoms. The van der Waals surface area contributed by atoms with Crippen LogP contribution in [0.15, 0.2) is 29.6 Å². The fourth-order valence-corrected chi connectivity index (χ4v) is 2.52. The van der Waals surface area contributed by atoms with E-state index in [4.69, 9.17) is 9.47 Å². The van der Waals surface area contributed by atoms with E-state index in [-0.39, 0.29) is 24.7 Å². The second-order valence-electron chi connectivity index (χ2n) is 5.59. The van der Waals surface area contributed by atoms with Crippen molar-refractivity contribution in [3.05, 3.63) is 41.2 Å². The first-order valence-electron chi connectivity index (χ1n) is 7.79. The lowest BCUT2D eigenvalue weighted by Gasteiger charge is -2.06. The van der Waals surface area contributed by atoms with Crippen LogP contribution in [-0.2, 0) is 4.74 Å². The van der Waals surface area contributed by atoms with Gasteiger partial charge in [-0.15, -0.1) is 11.3 Å². The van der Waals surface area contributed by atoms with Crippen molar-refractivity contribution in [2.24, 2.45) is 5.92 Å². The third kappa shape index (κ3) is 6.16. The summed E-state index contributed by atoms with van der Waals surface area (Å²) in [7, 11) is 0. The fraction of sp³-hybridized carbons (Fsp3) is 0.412. The number of ether oxygens (including phenoxy) is 2. The zero-order chi connectivity index (χ0) is 17.4. The zero-order valence-electron chi connectivity index (χ0n) is 13.8. The second kappa shape index (κ2) is 9.22. The normalized spacial score (nSPS) is 10.7. The summed E-state index contributed by atoms with van der Waals surface area (Å²) in [5.74, 6) is 0.335. The molecule has 0 saturated heterocycles. The monoisotopic (exact) mass is 352 g/mol. The Morgan fingerprint density at radius 2 is 2.04 bits per heavy atom. The van der Waals surface area contributed by atoms with Crippen molar-refractivity contribution in [3.8, 4) is 5.75 Å². The average molecular weight is 352 g/mol. The van der Waals surface area contributed by atoms with Crippen molar-refractivity contribution in [2.45, 2.75) is 20.3 Å². The summed E-state index contributed by atoms with van der Waals surface area (Å²) in [6.07, 6.45) is 1.04. The Morgan fingerprint density at radius 1 is 1.29 bits per heavy atom. The van der Waals surface area contributed by atoms with Crippen LogP contribution in [0.2, 0.25) is 0 Å². The molecule has 0 aliphatic rings. The van der Waals surface area contributed by atoms with Gasteiger partial charge in [0.05, 0.1) is 0 Å². The highest BCUT2D eigenvalue weighted by atomic mass is 32.1. The van der Waals surface area contributed by atoms with Gasteiger partial charge < -0.3 is 14.8 Å². The first-order chi connectivity index (χ1) is 11.5. The van der Waals surface area contributed by atoms with E-state index in [2.05, 4.69) is 24.1 Å². The Kier molecular flexibility index (Phi) is 6.99. The number of hydrogen-bond acceptors (Lipinski definition) is 6. The number of aromatic nitrogens is 1. The highest BCUT2D eigenvalue weighted by molar-refractivity contribution is 7.13. The largest absolute Gasteiger partial charge is 0.490 e. The average Bonchev–Trinajstić information content (AvgIpc) is 3.02. The lowest BCUT2D eigenvalue weighted by molar-refractivity contribution is 0.0444. The number of nitrogens with one attached hydrogen (secondary N) is 1. The minimum atomic E-state index is -0.481. The molecule has 5 nitrogen and oxygen atoms in total. The number of anilines is 1. The lowest BCUT2D eigenvalue weighted by atomic mass is 10.1. The van der Waals surface area contributed by atoms with E-state index in [1.165, 1.54) is 35.6 Å². The van der Waals surface area contributed by atoms with Crippen molar-refractivity contribution < 1.29 is 18.7 Å². The molecule has 0 unspecified atom stereocenters. The summed E-state index contributed by atoms with van der Waals surface area (Å²) in [6.45, 7) is 5.43. The molecule has 0 atom stereocenters. The number of benzene rings is 1. The molecule has 130 valence electrons. The van der Waals surface area contributed by atoms with Gasteiger partial charge >= 0.3 is 5.97 Å². The highest BCUT2D eigenvalue weighted by Gasteiger charge is 2.12. The topological polar surface area (TPSA) is 60.5 Å². The first-order valence-corrected chi connectivity index (χ1v) is 8.67. The molecule has 0 saturated carbocycles. The minimum Gasteiger partial charge on any atom is -0.490 e. The Labute approximate surface area is 144 Å². The van der Waals surface area contributed by atoms with Crippen LogP contribution in [0.1, 0.15) is 30.8 Å². The molecule has 0 spiro atoms. The molecule has 0 amide bonds. The molecule has 1 aromatic heterocycles. The van der Waals surface area contributed by atoms with Crippen LogP contribution in [0.5, 0.6) is 5.75 Å². The van der Waals surface area contributed by atoms with E-state index in [9.17, 15) is 9.18 Å². The third-order valence-electron chi connectivity index (χ3n) is 3.11. The molecule has 0 radical (unpaired) electrons. The van der Waals surface area contributed by atoms with Gasteiger partial charge in [0.15, 0.2) is 10.8 Å². The van der Waals surface area contributed by atoms with Crippen LogP contribution in [0.4, 0.5) is 9.52 Å². The smallest absolute Gasteiger partial charge is 0.358 e. The molecule has 0 aliphatic heterocycles. The van der Waals surface area contributed by atoms with Gasteiger partial charge in [0.2, 0.25) is 0 Å². The van der Waals surface area contributed by atoms with Crippen molar-refractivity contribution >= 4 is 22.4 Å². The van der Waals surface area contributed by atoms with Gasteiger partial charge in [-0.2, -0.15) is 0 Å². The summed E-state index contributed by atoms with van der Waals surface area (Å²) < 4.78 is 23.2. The predicted octanol–water partition coefficient (Wildman–Crippen LogP) is 3.98. The first kappa shape index (κ1) is 18.2. The van der Waals surface area contributed by atoms with Crippen molar-refractivity contribution in [2.75, 3.05) is 25.1 Å². The molecule has 1 heterocycles. The third-order valence-corrected chi connectivity index (χ3v) is 3.91. The second-order valence-corrected chi connectivity index (χ2v) is 6.44. The molecule has 0 fully saturated rings. The van der Waals surface area contributed by atoms with E-state index in [1.807, 2.05) is 0 Å². The predicted molar refractivity (Wildman–Crippen MR) is 92.2 cm³/mol.